The third-order valence-electron chi connectivity index (χ3n) is 7.39. The molecule has 0 saturated heterocycles. The molecule has 5 rings (SSSR count). The Morgan fingerprint density at radius 2 is 1.97 bits per heavy atom. The number of hydrogen-bond acceptors (Lipinski definition) is 5. The molecule has 1 aliphatic heterocycles. The Morgan fingerprint density at radius 3 is 2.68 bits per heavy atom. The zero-order valence-electron chi connectivity index (χ0n) is 21.8. The number of hydrogen-bond donors (Lipinski definition) is 2. The summed E-state index contributed by atoms with van der Waals surface area (Å²) in [4.78, 5) is 15.1. The van der Waals surface area contributed by atoms with Gasteiger partial charge in [0.2, 0.25) is 0 Å². The maximum Gasteiger partial charge on any atom is 0.304 e. The highest BCUT2D eigenvalue weighted by atomic mass is 19.1. The summed E-state index contributed by atoms with van der Waals surface area (Å²) in [5, 5.41) is 9.14. The zero-order valence-corrected chi connectivity index (χ0v) is 21.8. The number of ether oxygens (including phenoxy) is 2. The number of nitrogens with two attached hydrogens (primary N) is 1. The van der Waals surface area contributed by atoms with Crippen LogP contribution in [0.3, 0.4) is 0 Å². The number of carboxylic acid groups (broad SMARTS) is 1. The number of fused-ring (bicyclic) bond motifs is 2. The van der Waals surface area contributed by atoms with Crippen LogP contribution in [-0.2, 0) is 11.2 Å². The lowest BCUT2D eigenvalue weighted by Gasteiger charge is -2.19. The van der Waals surface area contributed by atoms with Crippen LogP contribution < -0.4 is 15.2 Å². The Labute approximate surface area is 221 Å². The van der Waals surface area contributed by atoms with Gasteiger partial charge in [-0.3, -0.25) is 9.79 Å². The Balaban J connectivity index is 1.45. The van der Waals surface area contributed by atoms with Crippen LogP contribution in [0.25, 0.3) is 16.8 Å². The zero-order chi connectivity index (χ0) is 27.0. The van der Waals surface area contributed by atoms with Gasteiger partial charge in [0.05, 0.1) is 13.0 Å². The minimum Gasteiger partial charge on any atom is -0.492 e. The molecule has 3 aromatic carbocycles. The molecule has 0 bridgehead atoms. The number of rotatable bonds is 7. The molecular weight excluding hydrogens is 483 g/mol. The van der Waals surface area contributed by atoms with E-state index in [1.54, 1.807) is 25.4 Å². The normalized spacial score (nSPS) is 18.4. The van der Waals surface area contributed by atoms with Crippen molar-refractivity contribution >= 4 is 17.9 Å². The summed E-state index contributed by atoms with van der Waals surface area (Å²) in [6.45, 7) is 4.43. The predicted octanol–water partition coefficient (Wildman–Crippen LogP) is 6.13. The van der Waals surface area contributed by atoms with Gasteiger partial charge in [-0.05, 0) is 90.4 Å². The van der Waals surface area contributed by atoms with E-state index in [0.29, 0.717) is 42.2 Å². The lowest BCUT2D eigenvalue weighted by Crippen LogP contribution is -2.07. The lowest BCUT2D eigenvalue weighted by atomic mass is 9.88. The SMILES string of the molecule is CN=C/C=C(\N)c1cc(C)c(-c2ccc(F)c3c2CC[C@H]3Oc2ccc3c(c2)OC[C@H]3CC(=O)O)c(C)c1. The molecule has 1 aliphatic carbocycles. The molecule has 0 fully saturated rings. The number of aryl methyl sites for hydroxylation is 2. The quantitative estimate of drug-likeness (QED) is 0.370. The summed E-state index contributed by atoms with van der Waals surface area (Å²) >= 11 is 0. The van der Waals surface area contributed by atoms with Gasteiger partial charge in [-0.25, -0.2) is 4.39 Å². The van der Waals surface area contributed by atoms with Crippen molar-refractivity contribution in [3.63, 3.8) is 0 Å². The average Bonchev–Trinajstić information content (AvgIpc) is 3.47. The minimum atomic E-state index is -0.855. The van der Waals surface area contributed by atoms with Gasteiger partial charge in [0.15, 0.2) is 0 Å². The van der Waals surface area contributed by atoms with Gasteiger partial charge < -0.3 is 20.3 Å². The molecule has 0 aromatic heterocycles. The molecule has 0 amide bonds. The first-order valence-corrected chi connectivity index (χ1v) is 12.7. The van der Waals surface area contributed by atoms with Crippen LogP contribution >= 0.6 is 0 Å². The molecule has 38 heavy (non-hydrogen) atoms. The van der Waals surface area contributed by atoms with Crippen molar-refractivity contribution in [2.24, 2.45) is 10.7 Å². The van der Waals surface area contributed by atoms with Crippen molar-refractivity contribution < 1.29 is 23.8 Å². The molecule has 1 heterocycles. The first-order valence-electron chi connectivity index (χ1n) is 12.7. The van der Waals surface area contributed by atoms with E-state index in [4.69, 9.17) is 20.3 Å². The van der Waals surface area contributed by atoms with Gasteiger partial charge in [0.1, 0.15) is 23.4 Å². The fraction of sp³-hybridized carbons (Fsp3) is 0.290. The standard InChI is InChI=1S/C31H31FN2O4/c1-17-12-19(26(33)10-11-34-3)13-18(2)30(17)23-6-8-25(32)31-24(23)7-9-27(31)38-21-4-5-22-20(14-29(35)36)16-37-28(22)15-21/h4-6,8,10-13,15,20,27H,7,9,14,16,33H2,1-3H3,(H,35,36)/b26-10-,34-11?/t20-,27-/m1/s1. The smallest absolute Gasteiger partial charge is 0.304 e. The summed E-state index contributed by atoms with van der Waals surface area (Å²) in [6, 6.07) is 12.9. The van der Waals surface area contributed by atoms with Gasteiger partial charge in [0.25, 0.3) is 0 Å². The van der Waals surface area contributed by atoms with E-state index < -0.39 is 12.1 Å². The topological polar surface area (TPSA) is 94.1 Å². The Morgan fingerprint density at radius 1 is 1.21 bits per heavy atom. The number of nitrogens with zero attached hydrogens (tertiary/aromatic N) is 1. The molecule has 2 atom stereocenters. The van der Waals surface area contributed by atoms with E-state index in [9.17, 15) is 4.79 Å². The Bertz CT molecular complexity index is 1450. The average molecular weight is 515 g/mol. The third kappa shape index (κ3) is 4.76. The summed E-state index contributed by atoms with van der Waals surface area (Å²) in [5.74, 6) is -0.0926. The Kier molecular flexibility index (Phi) is 6.93. The minimum absolute atomic E-state index is 0.0207. The summed E-state index contributed by atoms with van der Waals surface area (Å²) in [5.41, 5.74) is 14.5. The summed E-state index contributed by atoms with van der Waals surface area (Å²) in [7, 11) is 1.70. The number of carboxylic acids is 1. The highest BCUT2D eigenvalue weighted by Gasteiger charge is 2.32. The maximum absolute atomic E-state index is 15.2. The number of halogens is 1. The van der Waals surface area contributed by atoms with Crippen LogP contribution in [0, 0.1) is 19.7 Å². The van der Waals surface area contributed by atoms with Gasteiger partial charge >= 0.3 is 5.97 Å². The fourth-order valence-electron chi connectivity index (χ4n) is 5.71. The van der Waals surface area contributed by atoms with Gasteiger partial charge in [-0.2, -0.15) is 0 Å². The molecule has 196 valence electrons. The van der Waals surface area contributed by atoms with E-state index >= 15 is 4.39 Å². The number of aliphatic imine (C=N–C) groups is 1. The molecule has 0 spiro atoms. The molecule has 3 N–H and O–H groups in total. The molecular formula is C31H31FN2O4. The number of allylic oxidation sites excluding steroid dienone is 1. The van der Waals surface area contributed by atoms with Crippen molar-refractivity contribution in [3.05, 3.63) is 87.7 Å². The highest BCUT2D eigenvalue weighted by molar-refractivity contribution is 5.85. The van der Waals surface area contributed by atoms with Crippen LogP contribution in [0.5, 0.6) is 11.5 Å². The van der Waals surface area contributed by atoms with E-state index in [2.05, 4.69) is 17.1 Å². The molecule has 0 radical (unpaired) electrons. The van der Waals surface area contributed by atoms with Crippen molar-refractivity contribution in [1.82, 2.24) is 0 Å². The van der Waals surface area contributed by atoms with E-state index in [-0.39, 0.29) is 18.2 Å². The van der Waals surface area contributed by atoms with Crippen LogP contribution in [0.15, 0.2) is 53.5 Å². The van der Waals surface area contributed by atoms with Crippen molar-refractivity contribution in [1.29, 1.82) is 0 Å². The molecule has 0 saturated carbocycles. The van der Waals surface area contributed by atoms with Gasteiger partial charge in [0, 0.05) is 42.1 Å². The lowest BCUT2D eigenvalue weighted by molar-refractivity contribution is -0.137. The predicted molar refractivity (Wildman–Crippen MR) is 147 cm³/mol. The second-order valence-corrected chi connectivity index (χ2v) is 9.95. The second-order valence-electron chi connectivity index (χ2n) is 9.95. The summed E-state index contributed by atoms with van der Waals surface area (Å²) < 4.78 is 27.2. The third-order valence-corrected chi connectivity index (χ3v) is 7.39. The van der Waals surface area contributed by atoms with Gasteiger partial charge in [-0.15, -0.1) is 0 Å². The largest absolute Gasteiger partial charge is 0.492 e. The first kappa shape index (κ1) is 25.5. The van der Waals surface area contributed by atoms with E-state index in [0.717, 1.165) is 38.9 Å². The van der Waals surface area contributed by atoms with Crippen molar-refractivity contribution in [2.45, 2.75) is 45.1 Å². The highest BCUT2D eigenvalue weighted by Crippen LogP contribution is 2.45. The number of benzene rings is 3. The molecule has 0 unspecified atom stereocenters. The van der Waals surface area contributed by atoms with Gasteiger partial charge in [-0.1, -0.05) is 12.1 Å². The van der Waals surface area contributed by atoms with Crippen LogP contribution in [-0.4, -0.2) is 30.9 Å². The first-order chi connectivity index (χ1) is 18.3. The molecule has 7 heteroatoms. The fourth-order valence-corrected chi connectivity index (χ4v) is 5.71. The maximum atomic E-state index is 15.2. The summed E-state index contributed by atoms with van der Waals surface area (Å²) in [6.07, 6.45) is 4.40. The van der Waals surface area contributed by atoms with Crippen LogP contribution in [0.4, 0.5) is 4.39 Å². The number of aliphatic carboxylic acids is 1. The van der Waals surface area contributed by atoms with Crippen LogP contribution in [0.1, 0.15) is 58.2 Å². The van der Waals surface area contributed by atoms with E-state index in [1.807, 2.05) is 32.0 Å². The van der Waals surface area contributed by atoms with Crippen molar-refractivity contribution in [2.75, 3.05) is 13.7 Å². The Hall–Kier alpha value is -4.13. The van der Waals surface area contributed by atoms with E-state index in [1.165, 1.54) is 6.07 Å². The van der Waals surface area contributed by atoms with Crippen LogP contribution in [0.2, 0.25) is 0 Å². The monoisotopic (exact) mass is 514 g/mol. The number of carbonyl (C=O) groups is 1. The van der Waals surface area contributed by atoms with Crippen molar-refractivity contribution in [3.8, 4) is 22.6 Å². The molecule has 3 aromatic rings. The molecule has 2 aliphatic rings. The second kappa shape index (κ2) is 10.3. The molecule has 6 nitrogen and oxygen atoms in total.